The molecule has 0 N–H and O–H groups in total. The van der Waals surface area contributed by atoms with Gasteiger partial charge < -0.3 is 9.80 Å². The molecule has 1 amide bonds. The highest BCUT2D eigenvalue weighted by atomic mass is 35.5. The predicted octanol–water partition coefficient (Wildman–Crippen LogP) is 5.20. The van der Waals surface area contributed by atoms with Gasteiger partial charge in [-0.2, -0.15) is 4.98 Å². The van der Waals surface area contributed by atoms with Crippen LogP contribution in [-0.2, 0) is 4.79 Å². The third-order valence-corrected chi connectivity index (χ3v) is 11.5. The average molecular weight is 651 g/mol. The van der Waals surface area contributed by atoms with Crippen molar-refractivity contribution in [1.82, 2.24) is 24.3 Å². The second-order valence-corrected chi connectivity index (χ2v) is 14.5. The minimum Gasteiger partial charge on any atom is -0.349 e. The molecule has 3 fully saturated rings. The second-order valence-electron chi connectivity index (χ2n) is 13.1. The van der Waals surface area contributed by atoms with Crippen molar-refractivity contribution in [2.24, 2.45) is 0 Å². The van der Waals surface area contributed by atoms with Gasteiger partial charge in [0.05, 0.1) is 16.6 Å². The number of hydrogen-bond donors (Lipinski definition) is 0. The maximum Gasteiger partial charge on any atom is 0.350 e. The summed E-state index contributed by atoms with van der Waals surface area (Å²) in [5, 5.41) is 1.00. The van der Waals surface area contributed by atoms with Crippen molar-refractivity contribution in [2.45, 2.75) is 62.7 Å². The lowest BCUT2D eigenvalue weighted by Gasteiger charge is -2.45. The first-order valence-electron chi connectivity index (χ1n) is 16.0. The highest BCUT2D eigenvalue weighted by Crippen LogP contribution is 2.46. The van der Waals surface area contributed by atoms with Gasteiger partial charge in [0, 0.05) is 85.5 Å². The number of anilines is 1. The molecular formula is C34H40ClFN6O2S. The average Bonchev–Trinajstić information content (AvgIpc) is 3.87. The lowest BCUT2D eigenvalue weighted by Crippen LogP contribution is -2.58. The molecule has 0 bridgehead atoms. The number of rotatable bonds is 6. The van der Waals surface area contributed by atoms with Crippen molar-refractivity contribution in [1.29, 1.82) is 0 Å². The van der Waals surface area contributed by atoms with Gasteiger partial charge in [0.15, 0.2) is 0 Å². The largest absolute Gasteiger partial charge is 0.350 e. The summed E-state index contributed by atoms with van der Waals surface area (Å²) >= 11 is 8.04. The van der Waals surface area contributed by atoms with E-state index in [0.717, 1.165) is 77.0 Å². The number of nitrogens with zero attached hydrogens (tertiary/aromatic N) is 6. The van der Waals surface area contributed by atoms with Gasteiger partial charge >= 0.3 is 5.69 Å². The number of carbonyl (C=O) groups excluding carboxylic acids is 1. The Hall–Kier alpha value is -2.92. The molecule has 7 rings (SSSR count). The molecular weight excluding hydrogens is 611 g/mol. The Labute approximate surface area is 272 Å². The summed E-state index contributed by atoms with van der Waals surface area (Å²) in [6.45, 7) is 15.9. The first-order valence-corrected chi connectivity index (χ1v) is 17.3. The summed E-state index contributed by atoms with van der Waals surface area (Å²) in [4.78, 5) is 41.7. The van der Waals surface area contributed by atoms with Gasteiger partial charge in [0.1, 0.15) is 11.6 Å². The van der Waals surface area contributed by atoms with Gasteiger partial charge in [-0.1, -0.05) is 24.2 Å². The third kappa shape index (κ3) is 5.58. The topological polar surface area (TPSA) is 64.9 Å². The minimum atomic E-state index is -0.456. The smallest absolute Gasteiger partial charge is 0.349 e. The molecule has 238 valence electrons. The van der Waals surface area contributed by atoms with Crippen LogP contribution < -0.4 is 10.6 Å². The van der Waals surface area contributed by atoms with E-state index in [-0.39, 0.29) is 34.7 Å². The normalized spacial score (nSPS) is 24.3. The van der Waals surface area contributed by atoms with E-state index >= 15 is 0 Å². The monoisotopic (exact) mass is 650 g/mol. The molecule has 2 aromatic carbocycles. The molecule has 3 aromatic rings. The highest BCUT2D eigenvalue weighted by molar-refractivity contribution is 7.99. The summed E-state index contributed by atoms with van der Waals surface area (Å²) in [5.41, 5.74) is 3.44. The molecule has 0 spiro atoms. The van der Waals surface area contributed by atoms with Crippen LogP contribution in [0.15, 0.2) is 46.6 Å². The summed E-state index contributed by atoms with van der Waals surface area (Å²) in [6.07, 6.45) is 4.00. The van der Waals surface area contributed by atoms with E-state index in [2.05, 4.69) is 41.2 Å². The fraction of sp³-hybridized carbons (Fsp3) is 0.500. The zero-order valence-corrected chi connectivity index (χ0v) is 27.7. The molecule has 45 heavy (non-hydrogen) atoms. The van der Waals surface area contributed by atoms with Crippen LogP contribution in [0, 0.1) is 12.7 Å². The van der Waals surface area contributed by atoms with E-state index in [1.54, 1.807) is 23.9 Å². The molecule has 4 aliphatic rings. The van der Waals surface area contributed by atoms with Crippen molar-refractivity contribution in [3.63, 3.8) is 0 Å². The minimum absolute atomic E-state index is 0.0303. The van der Waals surface area contributed by atoms with Gasteiger partial charge in [0.2, 0.25) is 5.91 Å². The van der Waals surface area contributed by atoms with Crippen LogP contribution in [0.2, 0.25) is 5.02 Å². The van der Waals surface area contributed by atoms with Gasteiger partial charge in [0.25, 0.3) is 0 Å². The Morgan fingerprint density at radius 1 is 1.13 bits per heavy atom. The van der Waals surface area contributed by atoms with E-state index in [4.69, 9.17) is 16.6 Å². The van der Waals surface area contributed by atoms with Crippen molar-refractivity contribution in [2.75, 3.05) is 56.5 Å². The number of aromatic nitrogens is 2. The maximum absolute atomic E-state index is 14.2. The number of piperazine rings is 2. The summed E-state index contributed by atoms with van der Waals surface area (Å²) < 4.78 is 16.1. The lowest BCUT2D eigenvalue weighted by atomic mass is 9.97. The first-order chi connectivity index (χ1) is 21.6. The molecule has 0 radical (unpaired) electrons. The predicted molar refractivity (Wildman–Crippen MR) is 180 cm³/mol. The van der Waals surface area contributed by atoms with E-state index < -0.39 is 5.82 Å². The Kier molecular flexibility index (Phi) is 8.21. The Balaban J connectivity index is 1.34. The molecule has 11 heteroatoms. The third-order valence-electron chi connectivity index (χ3n) is 9.99. The molecule has 2 saturated heterocycles. The number of hydrogen-bond acceptors (Lipinski definition) is 7. The standard InChI is InChI=1S/C34H40ClFN6O2S/c1-5-29(43)40-16-22(4)41(17-21(40)3)33-26-14-20(2)30(23-6-9-28(36)27(35)15-23)32-31(26)42(34(44)37-33)25(19-45-32)18-38-10-12-39(13-11-38)24-7-8-24/h5-6,9,14-15,21-22,24-25H,1,7-8,10-13,16-19H2,2-4H3/t21-,22+,25+/m1/s1. The number of halogens is 2. The Morgan fingerprint density at radius 2 is 1.89 bits per heavy atom. The lowest BCUT2D eigenvalue weighted by molar-refractivity contribution is -0.128. The fourth-order valence-corrected chi connectivity index (χ4v) is 9.04. The molecule has 0 unspecified atom stereocenters. The molecule has 3 aliphatic heterocycles. The van der Waals surface area contributed by atoms with Crippen LogP contribution in [0.3, 0.4) is 0 Å². The zero-order chi connectivity index (χ0) is 31.6. The van der Waals surface area contributed by atoms with E-state index in [9.17, 15) is 14.0 Å². The van der Waals surface area contributed by atoms with Gasteiger partial charge in [-0.15, -0.1) is 11.8 Å². The molecule has 1 saturated carbocycles. The van der Waals surface area contributed by atoms with E-state index in [1.807, 2.05) is 16.4 Å². The van der Waals surface area contributed by atoms with Crippen LogP contribution in [0.5, 0.6) is 0 Å². The van der Waals surface area contributed by atoms with Gasteiger partial charge in [-0.25, -0.2) is 9.18 Å². The van der Waals surface area contributed by atoms with Crippen molar-refractivity contribution in [3.05, 3.63) is 63.8 Å². The van der Waals surface area contributed by atoms with Crippen LogP contribution in [0.4, 0.5) is 10.2 Å². The van der Waals surface area contributed by atoms with Crippen LogP contribution in [0.25, 0.3) is 22.0 Å². The number of thioether (sulfide) groups is 1. The number of carbonyl (C=O) groups is 1. The van der Waals surface area contributed by atoms with Crippen molar-refractivity contribution < 1.29 is 9.18 Å². The van der Waals surface area contributed by atoms with Crippen LogP contribution in [-0.4, -0.2) is 99.8 Å². The fourth-order valence-electron chi connectivity index (χ4n) is 7.48. The van der Waals surface area contributed by atoms with Gasteiger partial charge in [-0.05, 0) is 69.0 Å². The Bertz CT molecular complexity index is 1740. The van der Waals surface area contributed by atoms with E-state index in [0.29, 0.717) is 18.9 Å². The molecule has 3 atom stereocenters. The van der Waals surface area contributed by atoms with E-state index in [1.165, 1.54) is 25.0 Å². The molecule has 8 nitrogen and oxygen atoms in total. The number of aryl methyl sites for hydroxylation is 1. The molecule has 1 aliphatic carbocycles. The molecule has 1 aromatic heterocycles. The number of benzene rings is 2. The summed E-state index contributed by atoms with van der Waals surface area (Å²) in [5.74, 6) is 0.855. The van der Waals surface area contributed by atoms with Crippen LogP contribution in [0.1, 0.15) is 38.3 Å². The Morgan fingerprint density at radius 3 is 2.58 bits per heavy atom. The second kappa shape index (κ2) is 12.0. The van der Waals surface area contributed by atoms with Gasteiger partial charge in [-0.3, -0.25) is 19.2 Å². The SMILES string of the molecule is C=CC(=O)N1C[C@H](C)N(c2nc(=O)n3c4c(c(-c5ccc(F)c(Cl)c5)c(C)cc24)SC[C@@H]3CN2CCN(C3CC3)CC2)C[C@H]1C. The molecule has 4 heterocycles. The van der Waals surface area contributed by atoms with Crippen LogP contribution >= 0.6 is 23.4 Å². The summed E-state index contributed by atoms with van der Waals surface area (Å²) in [6, 6.07) is 7.59. The van der Waals surface area contributed by atoms with Crippen molar-refractivity contribution in [3.8, 4) is 11.1 Å². The first kappa shape index (κ1) is 30.7. The zero-order valence-electron chi connectivity index (χ0n) is 26.1. The number of amides is 1. The maximum atomic E-state index is 14.2. The van der Waals surface area contributed by atoms with Crippen molar-refractivity contribution >= 4 is 46.0 Å². The quantitative estimate of drug-likeness (QED) is 0.340. The summed E-state index contributed by atoms with van der Waals surface area (Å²) in [7, 11) is 0. The highest BCUT2D eigenvalue weighted by Gasteiger charge is 2.37.